The molecule has 0 aliphatic carbocycles. The molecule has 0 saturated heterocycles. The zero-order valence-electron chi connectivity index (χ0n) is 9.14. The normalized spacial score (nSPS) is 18.9. The SMILES string of the molecule is CO/N=C/C1=CCCN(C(=O)C(C)N)C1. The van der Waals surface area contributed by atoms with Gasteiger partial charge in [-0.1, -0.05) is 11.2 Å². The Labute approximate surface area is 89.6 Å². The van der Waals surface area contributed by atoms with Crippen LogP contribution >= 0.6 is 0 Å². The summed E-state index contributed by atoms with van der Waals surface area (Å²) in [7, 11) is 1.49. The van der Waals surface area contributed by atoms with Crippen molar-refractivity contribution in [2.45, 2.75) is 19.4 Å². The van der Waals surface area contributed by atoms with E-state index < -0.39 is 6.04 Å². The van der Waals surface area contributed by atoms with E-state index in [1.165, 1.54) is 7.11 Å². The Balaban J connectivity index is 2.57. The third-order valence-electron chi connectivity index (χ3n) is 2.20. The summed E-state index contributed by atoms with van der Waals surface area (Å²) in [5, 5.41) is 3.67. The van der Waals surface area contributed by atoms with Gasteiger partial charge < -0.3 is 15.5 Å². The molecule has 0 aromatic carbocycles. The largest absolute Gasteiger partial charge is 0.399 e. The first-order valence-corrected chi connectivity index (χ1v) is 4.95. The number of amides is 1. The number of oxime groups is 1. The summed E-state index contributed by atoms with van der Waals surface area (Å²) in [4.78, 5) is 17.9. The predicted octanol–water partition coefficient (Wildman–Crippen LogP) is 0.124. The van der Waals surface area contributed by atoms with E-state index in [1.807, 2.05) is 6.08 Å². The molecule has 0 aromatic heterocycles. The van der Waals surface area contributed by atoms with Gasteiger partial charge in [-0.2, -0.15) is 0 Å². The summed E-state index contributed by atoms with van der Waals surface area (Å²) in [6, 6.07) is -0.441. The fraction of sp³-hybridized carbons (Fsp3) is 0.600. The van der Waals surface area contributed by atoms with Gasteiger partial charge in [-0.3, -0.25) is 4.79 Å². The first-order valence-electron chi connectivity index (χ1n) is 4.95. The highest BCUT2D eigenvalue weighted by molar-refractivity contribution is 5.85. The van der Waals surface area contributed by atoms with Crippen molar-refractivity contribution in [2.24, 2.45) is 10.9 Å². The van der Waals surface area contributed by atoms with Gasteiger partial charge in [-0.05, 0) is 18.9 Å². The van der Waals surface area contributed by atoms with Crippen LogP contribution in [0.3, 0.4) is 0 Å². The molecule has 1 heterocycles. The van der Waals surface area contributed by atoms with Crippen molar-refractivity contribution in [3.8, 4) is 0 Å². The highest BCUT2D eigenvalue weighted by atomic mass is 16.6. The molecular weight excluding hydrogens is 194 g/mol. The van der Waals surface area contributed by atoms with Crippen molar-refractivity contribution in [3.05, 3.63) is 11.6 Å². The lowest BCUT2D eigenvalue weighted by molar-refractivity contribution is -0.131. The number of nitrogens with two attached hydrogens (primary N) is 1. The van der Waals surface area contributed by atoms with E-state index in [4.69, 9.17) is 5.73 Å². The van der Waals surface area contributed by atoms with Gasteiger partial charge in [0, 0.05) is 13.1 Å². The first-order chi connectivity index (χ1) is 7.15. The van der Waals surface area contributed by atoms with Crippen molar-refractivity contribution < 1.29 is 9.63 Å². The summed E-state index contributed by atoms with van der Waals surface area (Å²) in [5.41, 5.74) is 6.53. The van der Waals surface area contributed by atoms with E-state index >= 15 is 0 Å². The maximum Gasteiger partial charge on any atom is 0.239 e. The van der Waals surface area contributed by atoms with Crippen LogP contribution in [0.25, 0.3) is 0 Å². The monoisotopic (exact) mass is 211 g/mol. The van der Waals surface area contributed by atoms with Gasteiger partial charge in [0.25, 0.3) is 0 Å². The van der Waals surface area contributed by atoms with Crippen LogP contribution in [0.4, 0.5) is 0 Å². The van der Waals surface area contributed by atoms with Crippen LogP contribution < -0.4 is 5.73 Å². The van der Waals surface area contributed by atoms with Crippen LogP contribution in [-0.4, -0.2) is 43.3 Å². The van der Waals surface area contributed by atoms with Gasteiger partial charge in [0.1, 0.15) is 7.11 Å². The average Bonchev–Trinajstić information content (AvgIpc) is 2.25. The second kappa shape index (κ2) is 5.50. The Hall–Kier alpha value is -1.36. The molecule has 1 aliphatic rings. The van der Waals surface area contributed by atoms with Gasteiger partial charge in [-0.15, -0.1) is 0 Å². The Morgan fingerprint density at radius 3 is 3.13 bits per heavy atom. The highest BCUT2D eigenvalue weighted by Crippen LogP contribution is 2.09. The van der Waals surface area contributed by atoms with Crippen LogP contribution in [0, 0.1) is 0 Å². The van der Waals surface area contributed by atoms with Crippen LogP contribution in [0.15, 0.2) is 16.8 Å². The van der Waals surface area contributed by atoms with Gasteiger partial charge in [0.05, 0.1) is 12.3 Å². The molecule has 1 amide bonds. The molecule has 2 N–H and O–H groups in total. The second-order valence-electron chi connectivity index (χ2n) is 3.53. The van der Waals surface area contributed by atoms with Gasteiger partial charge >= 0.3 is 0 Å². The molecule has 0 spiro atoms. The molecule has 1 unspecified atom stereocenters. The van der Waals surface area contributed by atoms with E-state index in [9.17, 15) is 4.79 Å². The minimum Gasteiger partial charge on any atom is -0.399 e. The Bertz CT molecular complexity index is 284. The minimum atomic E-state index is -0.441. The fourth-order valence-corrected chi connectivity index (χ4v) is 1.46. The maximum atomic E-state index is 11.6. The standard InChI is InChI=1S/C10H17N3O2/c1-8(11)10(14)13-5-3-4-9(7-13)6-12-15-2/h4,6,8H,3,5,7,11H2,1-2H3/b12-6+. The number of carbonyl (C=O) groups is 1. The van der Waals surface area contributed by atoms with E-state index in [1.54, 1.807) is 18.0 Å². The quantitative estimate of drug-likeness (QED) is 0.532. The van der Waals surface area contributed by atoms with E-state index in [0.717, 1.165) is 18.5 Å². The fourth-order valence-electron chi connectivity index (χ4n) is 1.46. The van der Waals surface area contributed by atoms with Crippen molar-refractivity contribution >= 4 is 12.1 Å². The summed E-state index contributed by atoms with van der Waals surface area (Å²) in [6.45, 7) is 2.99. The minimum absolute atomic E-state index is 0.0218. The topological polar surface area (TPSA) is 67.9 Å². The number of carbonyl (C=O) groups excluding carboxylic acids is 1. The second-order valence-corrected chi connectivity index (χ2v) is 3.53. The number of rotatable bonds is 3. The number of hydrogen-bond acceptors (Lipinski definition) is 4. The van der Waals surface area contributed by atoms with Crippen molar-refractivity contribution in [3.63, 3.8) is 0 Å². The maximum absolute atomic E-state index is 11.6. The molecule has 0 saturated carbocycles. The van der Waals surface area contributed by atoms with Crippen LogP contribution in [0.5, 0.6) is 0 Å². The molecule has 84 valence electrons. The summed E-state index contributed by atoms with van der Waals surface area (Å²) in [6.07, 6.45) is 4.51. The summed E-state index contributed by atoms with van der Waals surface area (Å²) in [5.74, 6) is -0.0218. The number of nitrogens with zero attached hydrogens (tertiary/aromatic N) is 2. The smallest absolute Gasteiger partial charge is 0.239 e. The van der Waals surface area contributed by atoms with Crippen molar-refractivity contribution in [1.29, 1.82) is 0 Å². The zero-order chi connectivity index (χ0) is 11.3. The summed E-state index contributed by atoms with van der Waals surface area (Å²) >= 11 is 0. The highest BCUT2D eigenvalue weighted by Gasteiger charge is 2.19. The van der Waals surface area contributed by atoms with Crippen molar-refractivity contribution in [2.75, 3.05) is 20.2 Å². The van der Waals surface area contributed by atoms with Crippen LogP contribution in [0.1, 0.15) is 13.3 Å². The van der Waals surface area contributed by atoms with E-state index in [2.05, 4.69) is 9.99 Å². The van der Waals surface area contributed by atoms with Gasteiger partial charge in [0.15, 0.2) is 0 Å². The lowest BCUT2D eigenvalue weighted by atomic mass is 10.1. The lowest BCUT2D eigenvalue weighted by Crippen LogP contribution is -2.44. The Morgan fingerprint density at radius 2 is 2.53 bits per heavy atom. The Kier molecular flexibility index (Phi) is 4.30. The zero-order valence-corrected chi connectivity index (χ0v) is 9.14. The molecule has 0 fully saturated rings. The molecule has 15 heavy (non-hydrogen) atoms. The van der Waals surface area contributed by atoms with Gasteiger partial charge in [-0.25, -0.2) is 0 Å². The van der Waals surface area contributed by atoms with Gasteiger partial charge in [0.2, 0.25) is 5.91 Å². The first kappa shape index (κ1) is 11.7. The molecule has 1 aliphatic heterocycles. The molecular formula is C10H17N3O2. The van der Waals surface area contributed by atoms with E-state index in [0.29, 0.717) is 6.54 Å². The molecule has 0 radical (unpaired) electrons. The molecule has 0 aromatic rings. The third kappa shape index (κ3) is 3.36. The third-order valence-corrected chi connectivity index (χ3v) is 2.20. The average molecular weight is 211 g/mol. The lowest BCUT2D eigenvalue weighted by Gasteiger charge is -2.27. The van der Waals surface area contributed by atoms with Crippen molar-refractivity contribution in [1.82, 2.24) is 4.90 Å². The molecule has 0 bridgehead atoms. The molecule has 1 atom stereocenters. The molecule has 5 nitrogen and oxygen atoms in total. The predicted molar refractivity (Wildman–Crippen MR) is 58.4 cm³/mol. The van der Waals surface area contributed by atoms with Crippen LogP contribution in [-0.2, 0) is 9.63 Å². The number of hydrogen-bond donors (Lipinski definition) is 1. The summed E-state index contributed by atoms with van der Waals surface area (Å²) < 4.78 is 0. The molecule has 5 heteroatoms. The molecule has 1 rings (SSSR count). The van der Waals surface area contributed by atoms with Crippen LogP contribution in [0.2, 0.25) is 0 Å². The van der Waals surface area contributed by atoms with E-state index in [-0.39, 0.29) is 5.91 Å². The Morgan fingerprint density at radius 1 is 1.80 bits per heavy atom.